The first-order chi connectivity index (χ1) is 10.8. The first-order valence-corrected chi connectivity index (χ1v) is 7.74. The number of fused-ring (bicyclic) bond motifs is 3. The third-order valence-electron chi connectivity index (χ3n) is 4.32. The second kappa shape index (κ2) is 5.43. The smallest absolute Gasteiger partial charge is 0.0528 e. The van der Waals surface area contributed by atoms with Crippen LogP contribution in [0, 0.1) is 6.92 Å². The van der Waals surface area contributed by atoms with Crippen LogP contribution in [0.1, 0.15) is 22.4 Å². The van der Waals surface area contributed by atoms with Crippen molar-refractivity contribution in [2.24, 2.45) is 0 Å². The average molecular weight is 289 g/mol. The lowest BCUT2D eigenvalue weighted by molar-refractivity contribution is 0.634. The van der Waals surface area contributed by atoms with E-state index < -0.39 is 0 Å². The van der Waals surface area contributed by atoms with Crippen molar-refractivity contribution in [1.29, 1.82) is 0 Å². The largest absolute Gasteiger partial charge is 0.320 e. The molecule has 0 saturated carbocycles. The van der Waals surface area contributed by atoms with Gasteiger partial charge in [-0.2, -0.15) is 0 Å². The molecule has 1 aliphatic heterocycles. The summed E-state index contributed by atoms with van der Waals surface area (Å²) in [4.78, 5) is 4.18. The van der Waals surface area contributed by atoms with Crippen LogP contribution in [0.2, 0.25) is 0 Å². The maximum atomic E-state index is 4.18. The summed E-state index contributed by atoms with van der Waals surface area (Å²) < 4.78 is 2.35. The number of hydrogen-bond acceptors (Lipinski definition) is 2. The van der Waals surface area contributed by atoms with Crippen LogP contribution < -0.4 is 5.32 Å². The van der Waals surface area contributed by atoms with Gasteiger partial charge in [-0.1, -0.05) is 17.7 Å². The lowest BCUT2D eigenvalue weighted by Crippen LogP contribution is -2.24. The Labute approximate surface area is 130 Å². The molecule has 1 aliphatic rings. The Balaban J connectivity index is 1.88. The average Bonchev–Trinajstić information content (AvgIpc) is 2.87. The normalized spacial score (nSPS) is 14.6. The summed E-state index contributed by atoms with van der Waals surface area (Å²) in [5, 5.41) is 4.87. The standard InChI is InChI=1S/C19H19N3/c1-14-4-5-18-16(11-14)17-13-21-9-6-19(17)22(18)10-7-15-3-2-8-20-12-15/h2-5,7-8,10-12,21H,6,9,13H2,1H3/b10-7-. The molecule has 3 heterocycles. The van der Waals surface area contributed by atoms with Gasteiger partial charge >= 0.3 is 0 Å². The van der Waals surface area contributed by atoms with Gasteiger partial charge < -0.3 is 9.88 Å². The lowest BCUT2D eigenvalue weighted by Gasteiger charge is -2.15. The molecule has 0 unspecified atom stereocenters. The maximum Gasteiger partial charge on any atom is 0.0528 e. The van der Waals surface area contributed by atoms with Crippen LogP contribution in [0.25, 0.3) is 23.2 Å². The molecule has 0 aliphatic carbocycles. The van der Waals surface area contributed by atoms with Crippen molar-refractivity contribution in [2.75, 3.05) is 6.54 Å². The van der Waals surface area contributed by atoms with Crippen LogP contribution in [0.15, 0.2) is 42.7 Å². The molecule has 3 nitrogen and oxygen atoms in total. The molecule has 3 aromatic rings. The topological polar surface area (TPSA) is 29.9 Å². The summed E-state index contributed by atoms with van der Waals surface area (Å²) in [7, 11) is 0. The van der Waals surface area contributed by atoms with Gasteiger partial charge in [0.1, 0.15) is 0 Å². The highest BCUT2D eigenvalue weighted by Crippen LogP contribution is 2.30. The van der Waals surface area contributed by atoms with Gasteiger partial charge in [0.25, 0.3) is 0 Å². The second-order valence-corrected chi connectivity index (χ2v) is 5.84. The number of aromatic nitrogens is 2. The first kappa shape index (κ1) is 13.3. The number of rotatable bonds is 2. The molecule has 1 N–H and O–H groups in total. The molecule has 0 saturated heterocycles. The Morgan fingerprint density at radius 1 is 1.27 bits per heavy atom. The van der Waals surface area contributed by atoms with Gasteiger partial charge in [0.05, 0.1) is 5.52 Å². The molecule has 1 aromatic carbocycles. The van der Waals surface area contributed by atoms with Crippen LogP contribution in [-0.2, 0) is 13.0 Å². The molecule has 0 spiro atoms. The highest BCUT2D eigenvalue weighted by molar-refractivity contribution is 5.89. The van der Waals surface area contributed by atoms with Crippen molar-refractivity contribution >= 4 is 23.2 Å². The summed E-state index contributed by atoms with van der Waals surface area (Å²) in [6.07, 6.45) is 9.08. The number of benzene rings is 1. The van der Waals surface area contributed by atoms with E-state index >= 15 is 0 Å². The Morgan fingerprint density at radius 3 is 3.09 bits per heavy atom. The predicted molar refractivity (Wildman–Crippen MR) is 91.5 cm³/mol. The van der Waals surface area contributed by atoms with Gasteiger partial charge in [0, 0.05) is 49.2 Å². The fraction of sp³-hybridized carbons (Fsp3) is 0.211. The molecule has 3 heteroatoms. The van der Waals surface area contributed by atoms with E-state index in [1.807, 2.05) is 12.3 Å². The minimum Gasteiger partial charge on any atom is -0.320 e. The van der Waals surface area contributed by atoms with E-state index in [-0.39, 0.29) is 0 Å². The molecule has 0 radical (unpaired) electrons. The molecule has 0 bridgehead atoms. The Bertz CT molecular complexity index is 844. The van der Waals surface area contributed by atoms with Crippen LogP contribution in [0.4, 0.5) is 0 Å². The summed E-state index contributed by atoms with van der Waals surface area (Å²) in [5.74, 6) is 0. The van der Waals surface area contributed by atoms with Gasteiger partial charge in [-0.25, -0.2) is 0 Å². The highest BCUT2D eigenvalue weighted by Gasteiger charge is 2.18. The van der Waals surface area contributed by atoms with Crippen LogP contribution in [-0.4, -0.2) is 16.1 Å². The quantitative estimate of drug-likeness (QED) is 0.781. The summed E-state index contributed by atoms with van der Waals surface area (Å²) >= 11 is 0. The van der Waals surface area contributed by atoms with Gasteiger partial charge in [0.2, 0.25) is 0 Å². The van der Waals surface area contributed by atoms with Crippen LogP contribution in [0.5, 0.6) is 0 Å². The second-order valence-electron chi connectivity index (χ2n) is 5.84. The van der Waals surface area contributed by atoms with Crippen molar-refractivity contribution in [2.45, 2.75) is 19.9 Å². The van der Waals surface area contributed by atoms with Gasteiger partial charge in [0.15, 0.2) is 0 Å². The van der Waals surface area contributed by atoms with Crippen molar-refractivity contribution in [3.05, 3.63) is 65.1 Å². The summed E-state index contributed by atoms with van der Waals surface area (Å²) in [6, 6.07) is 10.8. The maximum absolute atomic E-state index is 4.18. The molecule has 4 rings (SSSR count). The fourth-order valence-electron chi connectivity index (χ4n) is 3.24. The van der Waals surface area contributed by atoms with Gasteiger partial charge in [-0.05, 0) is 42.3 Å². The van der Waals surface area contributed by atoms with E-state index in [1.165, 1.54) is 27.7 Å². The van der Waals surface area contributed by atoms with Crippen molar-refractivity contribution in [1.82, 2.24) is 14.9 Å². The van der Waals surface area contributed by atoms with Crippen molar-refractivity contribution < 1.29 is 0 Å². The minimum atomic E-state index is 0.961. The number of nitrogens with zero attached hydrogens (tertiary/aromatic N) is 2. The molecular weight excluding hydrogens is 270 g/mol. The molecule has 2 aromatic heterocycles. The van der Waals surface area contributed by atoms with Crippen molar-refractivity contribution in [3.63, 3.8) is 0 Å². The first-order valence-electron chi connectivity index (χ1n) is 7.74. The lowest BCUT2D eigenvalue weighted by atomic mass is 10.0. The zero-order valence-corrected chi connectivity index (χ0v) is 12.7. The SMILES string of the molecule is Cc1ccc2c(c1)c1c(n2/C=C\c2cccnc2)CCNC1. The monoisotopic (exact) mass is 289 g/mol. The zero-order valence-electron chi connectivity index (χ0n) is 12.7. The number of pyridine rings is 1. The van der Waals surface area contributed by atoms with Gasteiger partial charge in [-0.15, -0.1) is 0 Å². The highest BCUT2D eigenvalue weighted by atomic mass is 15.0. The van der Waals surface area contributed by atoms with E-state index in [2.05, 4.69) is 58.3 Å². The number of aryl methyl sites for hydroxylation is 1. The molecule has 0 amide bonds. The van der Waals surface area contributed by atoms with Crippen LogP contribution in [0.3, 0.4) is 0 Å². The molecule has 22 heavy (non-hydrogen) atoms. The van der Waals surface area contributed by atoms with Crippen molar-refractivity contribution in [3.8, 4) is 0 Å². The van der Waals surface area contributed by atoms with E-state index in [0.717, 1.165) is 25.1 Å². The zero-order chi connectivity index (χ0) is 14.9. The molecule has 110 valence electrons. The molecule has 0 atom stereocenters. The van der Waals surface area contributed by atoms with E-state index in [1.54, 1.807) is 6.20 Å². The van der Waals surface area contributed by atoms with Gasteiger partial charge in [-0.3, -0.25) is 4.98 Å². The Hall–Kier alpha value is -2.39. The van der Waals surface area contributed by atoms with Crippen LogP contribution >= 0.6 is 0 Å². The van der Waals surface area contributed by atoms with E-state index in [4.69, 9.17) is 0 Å². The third-order valence-corrected chi connectivity index (χ3v) is 4.32. The Kier molecular flexibility index (Phi) is 3.28. The number of hydrogen-bond donors (Lipinski definition) is 1. The van der Waals surface area contributed by atoms with E-state index in [0.29, 0.717) is 0 Å². The minimum absolute atomic E-state index is 0.961. The summed E-state index contributed by atoms with van der Waals surface area (Å²) in [6.45, 7) is 4.16. The number of nitrogens with one attached hydrogen (secondary N) is 1. The molecular formula is C19H19N3. The Morgan fingerprint density at radius 2 is 2.23 bits per heavy atom. The third kappa shape index (κ3) is 2.24. The summed E-state index contributed by atoms with van der Waals surface area (Å²) in [5.41, 5.74) is 6.60. The fourth-order valence-corrected chi connectivity index (χ4v) is 3.24. The predicted octanol–water partition coefficient (Wildman–Crippen LogP) is 3.62. The molecule has 0 fully saturated rings. The van der Waals surface area contributed by atoms with E-state index in [9.17, 15) is 0 Å².